The van der Waals surface area contributed by atoms with Crippen molar-refractivity contribution in [2.45, 2.75) is 24.5 Å². The summed E-state index contributed by atoms with van der Waals surface area (Å²) >= 11 is 0. The molecule has 0 aliphatic carbocycles. The lowest BCUT2D eigenvalue weighted by Crippen LogP contribution is -2.41. The van der Waals surface area contributed by atoms with Gasteiger partial charge in [-0.05, 0) is 55.3 Å². The Morgan fingerprint density at radius 3 is 2.26 bits per heavy atom. The first-order valence-electron chi connectivity index (χ1n) is 10.7. The quantitative estimate of drug-likeness (QED) is 0.472. The van der Waals surface area contributed by atoms with Gasteiger partial charge < -0.3 is 9.47 Å². The van der Waals surface area contributed by atoms with Gasteiger partial charge in [0.2, 0.25) is 10.0 Å². The molecule has 4 rings (SSSR count). The normalized spacial score (nSPS) is 15.5. The first kappa shape index (κ1) is 24.4. The number of nitrogens with zero attached hydrogens (tertiary/aromatic N) is 2. The van der Waals surface area contributed by atoms with Crippen molar-refractivity contribution >= 4 is 36.9 Å². The first-order valence-corrected chi connectivity index (χ1v) is 13.7. The second kappa shape index (κ2) is 9.14. The number of methoxy groups -OCH3 is 1. The van der Waals surface area contributed by atoms with Gasteiger partial charge in [-0.3, -0.25) is 0 Å². The van der Waals surface area contributed by atoms with Crippen molar-refractivity contribution in [2.75, 3.05) is 33.4 Å². The van der Waals surface area contributed by atoms with Gasteiger partial charge in [0.1, 0.15) is 5.69 Å². The third kappa shape index (κ3) is 4.48. The molecule has 1 aliphatic heterocycles. The van der Waals surface area contributed by atoms with Crippen LogP contribution in [-0.2, 0) is 35.3 Å². The fraction of sp³-hybridized carbons (Fsp3) is 0.348. The number of aromatic nitrogens is 1. The van der Waals surface area contributed by atoms with Crippen LogP contribution in [0.25, 0.3) is 10.9 Å². The molecule has 9 nitrogen and oxygen atoms in total. The van der Waals surface area contributed by atoms with Gasteiger partial charge in [0.15, 0.2) is 0 Å². The number of hydrogen-bond donors (Lipinski definition) is 0. The summed E-state index contributed by atoms with van der Waals surface area (Å²) in [5.41, 5.74) is 2.06. The summed E-state index contributed by atoms with van der Waals surface area (Å²) in [6.45, 7) is 4.80. The van der Waals surface area contributed by atoms with Crippen LogP contribution in [-0.4, -0.2) is 64.5 Å². The van der Waals surface area contributed by atoms with Gasteiger partial charge in [-0.15, -0.1) is 0 Å². The van der Waals surface area contributed by atoms with Crippen LogP contribution in [0.1, 0.15) is 27.2 Å². The van der Waals surface area contributed by atoms with E-state index in [-0.39, 0.29) is 34.9 Å². The monoisotopic (exact) mass is 506 g/mol. The van der Waals surface area contributed by atoms with Crippen LogP contribution in [0.15, 0.2) is 47.4 Å². The molecule has 0 amide bonds. The number of esters is 1. The van der Waals surface area contributed by atoms with Gasteiger partial charge >= 0.3 is 5.97 Å². The first-order chi connectivity index (χ1) is 16.0. The minimum Gasteiger partial charge on any atom is -0.464 e. The largest absolute Gasteiger partial charge is 0.464 e. The molecule has 0 radical (unpaired) electrons. The van der Waals surface area contributed by atoms with Crippen LogP contribution in [0.3, 0.4) is 0 Å². The predicted molar refractivity (Wildman–Crippen MR) is 127 cm³/mol. The van der Waals surface area contributed by atoms with Gasteiger partial charge in [-0.1, -0.05) is 17.7 Å². The molecule has 11 heteroatoms. The number of sulfonamides is 1. The second-order valence-corrected chi connectivity index (χ2v) is 12.0. The summed E-state index contributed by atoms with van der Waals surface area (Å²) in [6.07, 6.45) is 0. The second-order valence-electron chi connectivity index (χ2n) is 8.21. The molecule has 182 valence electrons. The molecule has 1 aromatic heterocycles. The fourth-order valence-electron chi connectivity index (χ4n) is 3.98. The Kier molecular flexibility index (Phi) is 6.56. The molecule has 3 aromatic rings. The average Bonchev–Trinajstić information content (AvgIpc) is 3.18. The topological polar surface area (TPSA) is 112 Å². The van der Waals surface area contributed by atoms with E-state index in [1.54, 1.807) is 25.1 Å². The van der Waals surface area contributed by atoms with Crippen LogP contribution in [0.4, 0.5) is 0 Å². The van der Waals surface area contributed by atoms with Crippen molar-refractivity contribution in [2.24, 2.45) is 0 Å². The van der Waals surface area contributed by atoms with Crippen molar-refractivity contribution in [1.82, 2.24) is 8.28 Å². The molecule has 0 bridgehead atoms. The molecule has 1 aliphatic rings. The van der Waals surface area contributed by atoms with E-state index in [4.69, 9.17) is 9.47 Å². The Morgan fingerprint density at radius 1 is 1.00 bits per heavy atom. The molecule has 2 aromatic carbocycles. The van der Waals surface area contributed by atoms with Crippen molar-refractivity contribution in [3.8, 4) is 0 Å². The Balaban J connectivity index is 1.89. The molecule has 0 unspecified atom stereocenters. The summed E-state index contributed by atoms with van der Waals surface area (Å²) in [5, 5.41) is 0.487. The lowest BCUT2D eigenvalue weighted by molar-refractivity contribution is 0.0593. The number of aryl methyl sites for hydroxylation is 2. The van der Waals surface area contributed by atoms with Crippen molar-refractivity contribution in [3.05, 3.63) is 64.8 Å². The van der Waals surface area contributed by atoms with Crippen LogP contribution >= 0.6 is 0 Å². The predicted octanol–water partition coefficient (Wildman–Crippen LogP) is 2.44. The molecule has 1 fully saturated rings. The summed E-state index contributed by atoms with van der Waals surface area (Å²) in [5.74, 6) is -1.11. The number of hydrogen-bond acceptors (Lipinski definition) is 7. The fourth-order valence-corrected chi connectivity index (χ4v) is 7.06. The van der Waals surface area contributed by atoms with E-state index >= 15 is 0 Å². The van der Waals surface area contributed by atoms with Crippen LogP contribution in [0, 0.1) is 13.8 Å². The highest BCUT2D eigenvalue weighted by Crippen LogP contribution is 2.30. The Labute approximate surface area is 199 Å². The van der Waals surface area contributed by atoms with E-state index in [1.807, 2.05) is 6.92 Å². The maximum Gasteiger partial charge on any atom is 0.355 e. The lowest BCUT2D eigenvalue weighted by Gasteiger charge is -2.26. The van der Waals surface area contributed by atoms with E-state index in [0.29, 0.717) is 29.7 Å². The highest BCUT2D eigenvalue weighted by molar-refractivity contribution is 7.90. The molecule has 0 atom stereocenters. The Bertz CT molecular complexity index is 1450. The van der Waals surface area contributed by atoms with Gasteiger partial charge in [0.25, 0.3) is 10.0 Å². The number of fused-ring (bicyclic) bond motifs is 1. The minimum atomic E-state index is -4.18. The van der Waals surface area contributed by atoms with E-state index in [2.05, 4.69) is 0 Å². The maximum absolute atomic E-state index is 13.6. The van der Waals surface area contributed by atoms with Crippen LogP contribution in [0.2, 0.25) is 0 Å². The highest BCUT2D eigenvalue weighted by Gasteiger charge is 2.29. The van der Waals surface area contributed by atoms with Crippen molar-refractivity contribution in [1.29, 1.82) is 0 Å². The smallest absolute Gasteiger partial charge is 0.355 e. The third-order valence-corrected chi connectivity index (χ3v) is 9.44. The number of benzene rings is 2. The number of rotatable bonds is 6. The lowest BCUT2D eigenvalue weighted by atomic mass is 10.1. The summed E-state index contributed by atoms with van der Waals surface area (Å²) in [4.78, 5) is 12.5. The number of carbonyl (C=O) groups excluding carboxylic acids is 1. The number of morpholine rings is 1. The molecule has 0 saturated carbocycles. The van der Waals surface area contributed by atoms with E-state index in [9.17, 15) is 21.6 Å². The van der Waals surface area contributed by atoms with E-state index in [0.717, 1.165) is 9.54 Å². The van der Waals surface area contributed by atoms with Crippen molar-refractivity contribution < 1.29 is 31.1 Å². The molecule has 0 spiro atoms. The molecule has 2 heterocycles. The van der Waals surface area contributed by atoms with E-state index in [1.165, 1.54) is 35.7 Å². The Hall–Kier alpha value is -2.73. The maximum atomic E-state index is 13.6. The van der Waals surface area contributed by atoms with Gasteiger partial charge in [-0.25, -0.2) is 25.6 Å². The average molecular weight is 507 g/mol. The van der Waals surface area contributed by atoms with Crippen LogP contribution < -0.4 is 0 Å². The zero-order chi connectivity index (χ0) is 24.7. The van der Waals surface area contributed by atoms with Crippen molar-refractivity contribution in [3.63, 3.8) is 0 Å². The zero-order valence-corrected chi connectivity index (χ0v) is 20.8. The Morgan fingerprint density at radius 2 is 1.65 bits per heavy atom. The summed E-state index contributed by atoms with van der Waals surface area (Å²) in [6, 6.07) is 10.9. The molecular weight excluding hydrogens is 480 g/mol. The van der Waals surface area contributed by atoms with Crippen LogP contribution in [0.5, 0.6) is 0 Å². The number of carbonyl (C=O) groups is 1. The molecule has 34 heavy (non-hydrogen) atoms. The van der Waals surface area contributed by atoms with Gasteiger partial charge in [0, 0.05) is 18.5 Å². The highest BCUT2D eigenvalue weighted by atomic mass is 32.2. The summed E-state index contributed by atoms with van der Waals surface area (Å²) in [7, 11) is -6.65. The SMILES string of the molecule is COC(=O)c1cc2cc(C)c(CS(=O)(=O)N3CCOCC3)cc2n1S(=O)(=O)c1ccc(C)cc1. The summed E-state index contributed by atoms with van der Waals surface area (Å²) < 4.78 is 65.6. The minimum absolute atomic E-state index is 0.00353. The molecular formula is C23H26N2O7S2. The van der Waals surface area contributed by atoms with Gasteiger partial charge in [0.05, 0.1) is 36.5 Å². The number of ether oxygens (including phenoxy) is 2. The van der Waals surface area contributed by atoms with E-state index < -0.39 is 26.0 Å². The standard InChI is InChI=1S/C23H26N2O7S2/c1-16-4-6-20(7-5-16)34(29,30)25-21-14-19(15-33(27,28)24-8-10-32-11-9-24)17(2)12-18(21)13-22(25)23(26)31-3/h4-7,12-14H,8-11,15H2,1-3H3. The van der Waals surface area contributed by atoms with Gasteiger partial charge in [-0.2, -0.15) is 4.31 Å². The molecule has 1 saturated heterocycles. The molecule has 0 N–H and O–H groups in total. The zero-order valence-electron chi connectivity index (χ0n) is 19.1. The third-order valence-electron chi connectivity index (χ3n) is 5.87.